The maximum absolute atomic E-state index is 5.92. The second kappa shape index (κ2) is 12.6. The number of guanidine groups is 1. The number of fused-ring (bicyclic) bond motifs is 1. The molecular weight excluding hydrogens is 495 g/mol. The Morgan fingerprint density at radius 1 is 1.27 bits per heavy atom. The Bertz CT molecular complexity index is 697. The van der Waals surface area contributed by atoms with Crippen LogP contribution in [0.5, 0.6) is 11.5 Å². The lowest BCUT2D eigenvalue weighted by Gasteiger charge is -2.22. The molecule has 1 atom stereocenters. The van der Waals surface area contributed by atoms with Crippen LogP contribution in [-0.2, 0) is 17.7 Å². The molecule has 1 aromatic carbocycles. The van der Waals surface area contributed by atoms with Gasteiger partial charge < -0.3 is 24.8 Å². The van der Waals surface area contributed by atoms with Crippen molar-refractivity contribution < 1.29 is 14.2 Å². The van der Waals surface area contributed by atoms with Crippen LogP contribution in [-0.4, -0.2) is 70.0 Å². The largest absolute Gasteiger partial charge is 0.494 e. The molecule has 7 nitrogen and oxygen atoms in total. The average Bonchev–Trinajstić information content (AvgIpc) is 3.48. The quantitative estimate of drug-likeness (QED) is 0.260. The van der Waals surface area contributed by atoms with E-state index in [0.717, 1.165) is 61.7 Å². The summed E-state index contributed by atoms with van der Waals surface area (Å²) in [4.78, 5) is 6.86. The zero-order chi connectivity index (χ0) is 20.6. The minimum absolute atomic E-state index is 0. The normalized spacial score (nSPS) is 17.9. The molecule has 170 valence electrons. The maximum Gasteiger partial charge on any atom is 0.191 e. The van der Waals surface area contributed by atoms with E-state index in [9.17, 15) is 0 Å². The fourth-order valence-electron chi connectivity index (χ4n) is 3.75. The van der Waals surface area contributed by atoms with Gasteiger partial charge in [-0.1, -0.05) is 0 Å². The first-order valence-electron chi connectivity index (χ1n) is 10.8. The fraction of sp³-hybridized carbons (Fsp3) is 0.682. The van der Waals surface area contributed by atoms with Crippen molar-refractivity contribution in [2.75, 3.05) is 47.0 Å². The van der Waals surface area contributed by atoms with E-state index in [4.69, 9.17) is 14.2 Å². The van der Waals surface area contributed by atoms with Crippen LogP contribution in [0.2, 0.25) is 0 Å². The van der Waals surface area contributed by atoms with Crippen LogP contribution in [0.4, 0.5) is 0 Å². The first kappa shape index (κ1) is 25.0. The highest BCUT2D eigenvalue weighted by Gasteiger charge is 2.28. The van der Waals surface area contributed by atoms with E-state index in [1.165, 1.54) is 18.4 Å². The van der Waals surface area contributed by atoms with Gasteiger partial charge in [-0.2, -0.15) is 0 Å². The zero-order valence-corrected chi connectivity index (χ0v) is 21.0. The van der Waals surface area contributed by atoms with Crippen molar-refractivity contribution in [1.29, 1.82) is 0 Å². The van der Waals surface area contributed by atoms with Gasteiger partial charge in [0.2, 0.25) is 0 Å². The third-order valence-electron chi connectivity index (χ3n) is 5.39. The number of rotatable bonds is 11. The molecule has 3 rings (SSSR count). The molecule has 1 saturated carbocycles. The Balaban J connectivity index is 0.00000320. The number of aliphatic imine (C=N–C) groups is 1. The van der Waals surface area contributed by atoms with E-state index < -0.39 is 0 Å². The average molecular weight is 532 g/mol. The molecule has 2 aliphatic rings. The second-order valence-electron chi connectivity index (χ2n) is 7.75. The van der Waals surface area contributed by atoms with Gasteiger partial charge in [0.1, 0.15) is 17.6 Å². The van der Waals surface area contributed by atoms with Crippen molar-refractivity contribution in [1.82, 2.24) is 15.5 Å². The number of benzene rings is 1. The summed E-state index contributed by atoms with van der Waals surface area (Å²) >= 11 is 0. The Morgan fingerprint density at radius 2 is 2.07 bits per heavy atom. The van der Waals surface area contributed by atoms with Gasteiger partial charge in [0.05, 0.1) is 13.2 Å². The van der Waals surface area contributed by atoms with E-state index in [0.29, 0.717) is 13.2 Å². The predicted octanol–water partition coefficient (Wildman–Crippen LogP) is 2.80. The number of halogens is 1. The van der Waals surface area contributed by atoms with Crippen molar-refractivity contribution in [3.8, 4) is 11.5 Å². The third kappa shape index (κ3) is 7.16. The van der Waals surface area contributed by atoms with Crippen LogP contribution >= 0.6 is 24.0 Å². The van der Waals surface area contributed by atoms with Gasteiger partial charge in [0.15, 0.2) is 5.96 Å². The highest BCUT2D eigenvalue weighted by molar-refractivity contribution is 14.0. The summed E-state index contributed by atoms with van der Waals surface area (Å²) in [5.74, 6) is 2.69. The van der Waals surface area contributed by atoms with Crippen LogP contribution in [0.15, 0.2) is 17.1 Å². The zero-order valence-electron chi connectivity index (χ0n) is 18.7. The van der Waals surface area contributed by atoms with E-state index in [-0.39, 0.29) is 30.1 Å². The highest BCUT2D eigenvalue weighted by Crippen LogP contribution is 2.35. The van der Waals surface area contributed by atoms with Crippen LogP contribution in [0, 0.1) is 0 Å². The molecule has 1 aromatic rings. The molecule has 1 aliphatic heterocycles. The van der Waals surface area contributed by atoms with Gasteiger partial charge in [-0.3, -0.25) is 9.89 Å². The number of nitrogens with one attached hydrogen (secondary N) is 2. The van der Waals surface area contributed by atoms with E-state index >= 15 is 0 Å². The minimum Gasteiger partial charge on any atom is -0.494 e. The van der Waals surface area contributed by atoms with Crippen LogP contribution in [0.25, 0.3) is 0 Å². The van der Waals surface area contributed by atoms with Crippen LogP contribution in [0.3, 0.4) is 0 Å². The number of hydrogen-bond donors (Lipinski definition) is 2. The number of ether oxygens (including phenoxy) is 3. The van der Waals surface area contributed by atoms with E-state index in [2.05, 4.69) is 39.6 Å². The standard InChI is InChI=1S/C22H36N4O3.HI/c1-5-28-20-13-17-12-16(2)29-21(17)14-18(20)15-25-22(23-3)24-8-9-26(10-11-27-4)19-6-7-19;/h13-14,16,19H,5-12,15H2,1-4H3,(H2,23,24,25);1H. The van der Waals surface area contributed by atoms with Gasteiger partial charge in [0.25, 0.3) is 0 Å². The summed E-state index contributed by atoms with van der Waals surface area (Å²) in [5, 5.41) is 6.83. The molecule has 0 spiro atoms. The summed E-state index contributed by atoms with van der Waals surface area (Å²) in [6.07, 6.45) is 3.77. The Kier molecular flexibility index (Phi) is 10.5. The van der Waals surface area contributed by atoms with Crippen molar-refractivity contribution >= 4 is 29.9 Å². The summed E-state index contributed by atoms with van der Waals surface area (Å²) in [6, 6.07) is 4.95. The van der Waals surface area contributed by atoms with Crippen molar-refractivity contribution in [2.24, 2.45) is 4.99 Å². The SMILES string of the molecule is CCOc1cc2c(cc1CNC(=NC)NCCN(CCOC)C1CC1)OC(C)C2.I. The molecule has 8 heteroatoms. The molecule has 1 fully saturated rings. The Morgan fingerprint density at radius 3 is 2.73 bits per heavy atom. The van der Waals surface area contributed by atoms with E-state index in [1.807, 2.05) is 6.92 Å². The molecule has 1 aliphatic carbocycles. The number of nitrogens with zero attached hydrogens (tertiary/aromatic N) is 2. The first-order valence-corrected chi connectivity index (χ1v) is 10.8. The summed E-state index contributed by atoms with van der Waals surface area (Å²) in [7, 11) is 3.56. The lowest BCUT2D eigenvalue weighted by molar-refractivity contribution is 0.144. The van der Waals surface area contributed by atoms with Gasteiger partial charge in [-0.05, 0) is 38.8 Å². The minimum atomic E-state index is 0. The molecular formula is C22H37IN4O3. The molecule has 2 N–H and O–H groups in total. The van der Waals surface area contributed by atoms with Gasteiger partial charge in [0, 0.05) is 63.9 Å². The molecule has 1 unspecified atom stereocenters. The molecule has 0 aromatic heterocycles. The van der Waals surface area contributed by atoms with Crippen molar-refractivity contribution in [3.63, 3.8) is 0 Å². The van der Waals surface area contributed by atoms with Crippen molar-refractivity contribution in [2.45, 2.75) is 51.8 Å². The summed E-state index contributed by atoms with van der Waals surface area (Å²) in [6.45, 7) is 9.00. The third-order valence-corrected chi connectivity index (χ3v) is 5.39. The Labute approximate surface area is 197 Å². The first-order chi connectivity index (χ1) is 14.1. The number of hydrogen-bond acceptors (Lipinski definition) is 5. The van der Waals surface area contributed by atoms with Gasteiger partial charge in [-0.25, -0.2) is 0 Å². The smallest absolute Gasteiger partial charge is 0.191 e. The molecule has 1 heterocycles. The molecule has 0 saturated heterocycles. The Hall–Kier alpha value is -1.26. The summed E-state index contributed by atoms with van der Waals surface area (Å²) < 4.78 is 17.0. The number of methoxy groups -OCH3 is 1. The molecule has 0 bridgehead atoms. The van der Waals surface area contributed by atoms with Gasteiger partial charge in [-0.15, -0.1) is 24.0 Å². The monoisotopic (exact) mass is 532 g/mol. The van der Waals surface area contributed by atoms with Crippen LogP contribution in [0.1, 0.15) is 37.8 Å². The predicted molar refractivity (Wildman–Crippen MR) is 131 cm³/mol. The summed E-state index contributed by atoms with van der Waals surface area (Å²) in [5.41, 5.74) is 2.31. The molecule has 30 heavy (non-hydrogen) atoms. The maximum atomic E-state index is 5.92. The molecule has 0 amide bonds. The molecule has 0 radical (unpaired) electrons. The van der Waals surface area contributed by atoms with Gasteiger partial charge >= 0.3 is 0 Å². The highest BCUT2D eigenvalue weighted by atomic mass is 127. The topological polar surface area (TPSA) is 67.4 Å². The fourth-order valence-corrected chi connectivity index (χ4v) is 3.75. The van der Waals surface area contributed by atoms with Crippen LogP contribution < -0.4 is 20.1 Å². The van der Waals surface area contributed by atoms with Crippen molar-refractivity contribution in [3.05, 3.63) is 23.3 Å². The lowest BCUT2D eigenvalue weighted by atomic mass is 10.1. The second-order valence-corrected chi connectivity index (χ2v) is 7.75. The van der Waals surface area contributed by atoms with E-state index in [1.54, 1.807) is 14.2 Å². The lowest BCUT2D eigenvalue weighted by Crippen LogP contribution is -2.42.